The van der Waals surface area contributed by atoms with Gasteiger partial charge in [0.25, 0.3) is 0 Å². The molecule has 1 aromatic carbocycles. The molecule has 1 saturated carbocycles. The Bertz CT molecular complexity index is 1060. The molecule has 2 N–H and O–H groups in total. The van der Waals surface area contributed by atoms with Crippen molar-refractivity contribution in [1.82, 2.24) is 24.8 Å². The summed E-state index contributed by atoms with van der Waals surface area (Å²) in [5.41, 5.74) is 0.495. The largest absolute Gasteiger partial charge is 0.496 e. The van der Waals surface area contributed by atoms with E-state index < -0.39 is 5.41 Å². The maximum atomic E-state index is 12.9. The molecule has 1 aliphatic rings. The molecule has 0 radical (unpaired) electrons. The quantitative estimate of drug-likeness (QED) is 0.559. The van der Waals surface area contributed by atoms with Crippen LogP contribution in [0.1, 0.15) is 30.1 Å². The zero-order valence-corrected chi connectivity index (χ0v) is 17.5. The van der Waals surface area contributed by atoms with Gasteiger partial charge in [-0.1, -0.05) is 18.2 Å². The number of nitrogens with zero attached hydrogens (tertiary/aromatic N) is 4. The van der Waals surface area contributed by atoms with Crippen LogP contribution in [0.2, 0.25) is 0 Å². The molecule has 0 saturated heterocycles. The number of para-hydroxylation sites is 1. The number of carbonyl (C=O) groups is 1. The first-order valence-electron chi connectivity index (χ1n) is 10.1. The summed E-state index contributed by atoms with van der Waals surface area (Å²) in [5, 5.41) is 6.33. The number of amides is 1. The highest BCUT2D eigenvalue weighted by Crippen LogP contribution is 2.51. The van der Waals surface area contributed by atoms with Crippen LogP contribution in [0, 0.1) is 13.8 Å². The number of imidazole rings is 1. The van der Waals surface area contributed by atoms with Gasteiger partial charge in [0, 0.05) is 37.1 Å². The van der Waals surface area contributed by atoms with E-state index in [0.717, 1.165) is 35.8 Å². The van der Waals surface area contributed by atoms with E-state index in [0.29, 0.717) is 24.7 Å². The highest BCUT2D eigenvalue weighted by atomic mass is 16.5. The number of nitrogens with one attached hydrogen (secondary N) is 2. The molecule has 1 fully saturated rings. The smallest absolute Gasteiger partial charge is 0.230 e. The predicted octanol–water partition coefficient (Wildman–Crippen LogP) is 2.55. The lowest BCUT2D eigenvalue weighted by Crippen LogP contribution is -2.37. The summed E-state index contributed by atoms with van der Waals surface area (Å²) in [7, 11) is 1.64. The van der Waals surface area contributed by atoms with Gasteiger partial charge in [0.2, 0.25) is 5.91 Å². The monoisotopic (exact) mass is 406 g/mol. The Labute approximate surface area is 175 Å². The number of aromatic nitrogens is 4. The lowest BCUT2D eigenvalue weighted by atomic mass is 9.94. The van der Waals surface area contributed by atoms with Crippen molar-refractivity contribution in [2.45, 2.75) is 32.1 Å². The molecule has 8 nitrogen and oxygen atoms in total. The first kappa shape index (κ1) is 19.9. The molecule has 1 amide bonds. The van der Waals surface area contributed by atoms with Crippen molar-refractivity contribution in [2.24, 2.45) is 0 Å². The maximum Gasteiger partial charge on any atom is 0.230 e. The van der Waals surface area contributed by atoms with Crippen molar-refractivity contribution in [1.29, 1.82) is 0 Å². The van der Waals surface area contributed by atoms with Crippen molar-refractivity contribution < 1.29 is 9.53 Å². The molecule has 0 bridgehead atoms. The van der Waals surface area contributed by atoms with E-state index in [9.17, 15) is 4.79 Å². The molecular weight excluding hydrogens is 380 g/mol. The van der Waals surface area contributed by atoms with E-state index in [-0.39, 0.29) is 5.91 Å². The molecule has 156 valence electrons. The number of benzene rings is 1. The highest BCUT2D eigenvalue weighted by molar-refractivity contribution is 5.92. The fraction of sp³-hybridized carbons (Fsp3) is 0.364. The van der Waals surface area contributed by atoms with Crippen LogP contribution >= 0.6 is 0 Å². The van der Waals surface area contributed by atoms with Gasteiger partial charge in [-0.3, -0.25) is 9.36 Å². The van der Waals surface area contributed by atoms with Gasteiger partial charge in [-0.2, -0.15) is 0 Å². The molecule has 0 spiro atoms. The molecule has 2 heterocycles. The Morgan fingerprint density at radius 2 is 2.00 bits per heavy atom. The number of hydrogen-bond donors (Lipinski definition) is 2. The minimum Gasteiger partial charge on any atom is -0.496 e. The number of carbonyl (C=O) groups excluding carboxylic acids is 1. The summed E-state index contributed by atoms with van der Waals surface area (Å²) in [4.78, 5) is 26.0. The molecule has 4 rings (SSSR count). The van der Waals surface area contributed by atoms with Crippen LogP contribution in [-0.4, -0.2) is 45.6 Å². The Morgan fingerprint density at radius 3 is 2.70 bits per heavy atom. The molecule has 2 aromatic heterocycles. The standard InChI is InChI=1S/C22H26N6O2/c1-15-26-19(14-20(27-15)28-13-12-23-16(28)2)24-10-11-25-21(29)22(8-9-22)17-6-4-5-7-18(17)30-3/h4-7,12-14H,8-11H2,1-3H3,(H,25,29)(H,24,26,27). The summed E-state index contributed by atoms with van der Waals surface area (Å²) >= 11 is 0. The molecular formula is C22H26N6O2. The lowest BCUT2D eigenvalue weighted by Gasteiger charge is -2.18. The normalized spacial score (nSPS) is 14.2. The molecule has 0 aliphatic heterocycles. The topological polar surface area (TPSA) is 94.0 Å². The van der Waals surface area contributed by atoms with Crippen LogP contribution in [0.5, 0.6) is 5.75 Å². The first-order valence-corrected chi connectivity index (χ1v) is 10.1. The van der Waals surface area contributed by atoms with Crippen LogP contribution in [-0.2, 0) is 10.2 Å². The number of ether oxygens (including phenoxy) is 1. The van der Waals surface area contributed by atoms with Crippen molar-refractivity contribution >= 4 is 11.7 Å². The summed E-state index contributed by atoms with van der Waals surface area (Å²) in [5.74, 6) is 3.81. The van der Waals surface area contributed by atoms with E-state index in [1.165, 1.54) is 0 Å². The van der Waals surface area contributed by atoms with Gasteiger partial charge < -0.3 is 15.4 Å². The fourth-order valence-electron chi connectivity index (χ4n) is 3.71. The van der Waals surface area contributed by atoms with E-state index in [4.69, 9.17) is 4.74 Å². The van der Waals surface area contributed by atoms with E-state index in [1.807, 2.05) is 54.9 Å². The van der Waals surface area contributed by atoms with Gasteiger partial charge in [-0.05, 0) is 32.8 Å². The molecule has 0 atom stereocenters. The SMILES string of the molecule is COc1ccccc1C1(C(=O)NCCNc2cc(-n3ccnc3C)nc(C)n2)CC1. The number of anilines is 1. The minimum atomic E-state index is -0.468. The van der Waals surface area contributed by atoms with Crippen molar-refractivity contribution in [2.75, 3.05) is 25.5 Å². The van der Waals surface area contributed by atoms with Crippen molar-refractivity contribution in [3.63, 3.8) is 0 Å². The summed E-state index contributed by atoms with van der Waals surface area (Å²) in [6.07, 6.45) is 5.29. The third-order valence-corrected chi connectivity index (χ3v) is 5.42. The molecule has 3 aromatic rings. The average molecular weight is 406 g/mol. The fourth-order valence-corrected chi connectivity index (χ4v) is 3.71. The lowest BCUT2D eigenvalue weighted by molar-refractivity contribution is -0.123. The van der Waals surface area contributed by atoms with Crippen LogP contribution in [0.25, 0.3) is 5.82 Å². The number of rotatable bonds is 8. The van der Waals surface area contributed by atoms with Gasteiger partial charge in [-0.25, -0.2) is 15.0 Å². The average Bonchev–Trinajstić information content (AvgIpc) is 3.45. The first-order chi connectivity index (χ1) is 14.5. The number of aryl methyl sites for hydroxylation is 2. The second-order valence-electron chi connectivity index (χ2n) is 7.47. The van der Waals surface area contributed by atoms with Crippen molar-refractivity contribution in [3.8, 4) is 11.6 Å². The Hall–Kier alpha value is -3.42. The second kappa shape index (κ2) is 8.14. The zero-order chi connectivity index (χ0) is 21.1. The van der Waals surface area contributed by atoms with Gasteiger partial charge in [-0.15, -0.1) is 0 Å². The summed E-state index contributed by atoms with van der Waals surface area (Å²) in [6, 6.07) is 9.63. The number of methoxy groups -OCH3 is 1. The molecule has 0 unspecified atom stereocenters. The zero-order valence-electron chi connectivity index (χ0n) is 17.5. The van der Waals surface area contributed by atoms with Crippen LogP contribution in [0.3, 0.4) is 0 Å². The van der Waals surface area contributed by atoms with E-state index in [1.54, 1.807) is 13.3 Å². The van der Waals surface area contributed by atoms with Gasteiger partial charge in [0.15, 0.2) is 0 Å². The minimum absolute atomic E-state index is 0.0439. The third kappa shape index (κ3) is 3.85. The maximum absolute atomic E-state index is 12.9. The Balaban J connectivity index is 1.36. The highest BCUT2D eigenvalue weighted by Gasteiger charge is 2.52. The van der Waals surface area contributed by atoms with Crippen LogP contribution < -0.4 is 15.4 Å². The van der Waals surface area contributed by atoms with Crippen LogP contribution in [0.4, 0.5) is 5.82 Å². The molecule has 1 aliphatic carbocycles. The van der Waals surface area contributed by atoms with Gasteiger partial charge in [0.1, 0.15) is 29.0 Å². The van der Waals surface area contributed by atoms with E-state index >= 15 is 0 Å². The predicted molar refractivity (Wildman–Crippen MR) is 114 cm³/mol. The Kier molecular flexibility index (Phi) is 5.39. The van der Waals surface area contributed by atoms with Crippen LogP contribution in [0.15, 0.2) is 42.7 Å². The Morgan fingerprint density at radius 1 is 1.20 bits per heavy atom. The second-order valence-corrected chi connectivity index (χ2v) is 7.47. The van der Waals surface area contributed by atoms with Crippen molar-refractivity contribution in [3.05, 3.63) is 59.9 Å². The van der Waals surface area contributed by atoms with Gasteiger partial charge >= 0.3 is 0 Å². The van der Waals surface area contributed by atoms with E-state index in [2.05, 4.69) is 25.6 Å². The molecule has 8 heteroatoms. The molecule has 30 heavy (non-hydrogen) atoms. The van der Waals surface area contributed by atoms with Gasteiger partial charge in [0.05, 0.1) is 12.5 Å². The summed E-state index contributed by atoms with van der Waals surface area (Å²) in [6.45, 7) is 4.84. The number of hydrogen-bond acceptors (Lipinski definition) is 6. The third-order valence-electron chi connectivity index (χ3n) is 5.42. The summed E-state index contributed by atoms with van der Waals surface area (Å²) < 4.78 is 7.36.